The van der Waals surface area contributed by atoms with Gasteiger partial charge >= 0.3 is 0 Å². The number of allylic oxidation sites excluding steroid dienone is 1. The summed E-state index contributed by atoms with van der Waals surface area (Å²) in [7, 11) is 0. The van der Waals surface area contributed by atoms with Crippen LogP contribution >= 0.6 is 11.8 Å². The summed E-state index contributed by atoms with van der Waals surface area (Å²) < 4.78 is 0. The molecule has 1 nitrogen and oxygen atoms in total. The second-order valence-corrected chi connectivity index (χ2v) is 4.28. The van der Waals surface area contributed by atoms with E-state index in [-0.39, 0.29) is 0 Å². The topological polar surface area (TPSA) is 17.1 Å². The molecular weight excluding hydrogens is 144 g/mol. The Kier molecular flexibility index (Phi) is 1.57. The molecule has 10 heavy (non-hydrogen) atoms. The van der Waals surface area contributed by atoms with Gasteiger partial charge in [-0.25, -0.2) is 0 Å². The van der Waals surface area contributed by atoms with Crippen molar-refractivity contribution in [3.63, 3.8) is 0 Å². The first kappa shape index (κ1) is 6.47. The molecule has 2 atom stereocenters. The van der Waals surface area contributed by atoms with Gasteiger partial charge < -0.3 is 0 Å². The summed E-state index contributed by atoms with van der Waals surface area (Å²) in [5.74, 6) is 0.464. The summed E-state index contributed by atoms with van der Waals surface area (Å²) in [6.45, 7) is 0. The summed E-state index contributed by atoms with van der Waals surface area (Å²) >= 11 is 1.84. The van der Waals surface area contributed by atoms with Crippen LogP contribution in [-0.4, -0.2) is 16.3 Å². The summed E-state index contributed by atoms with van der Waals surface area (Å²) in [5.41, 5.74) is 0. The van der Waals surface area contributed by atoms with Gasteiger partial charge in [0, 0.05) is 11.7 Å². The van der Waals surface area contributed by atoms with Gasteiger partial charge in [-0.15, -0.1) is 11.8 Å². The van der Waals surface area contributed by atoms with Crippen molar-refractivity contribution in [2.75, 3.05) is 0 Å². The third-order valence-corrected chi connectivity index (χ3v) is 3.60. The van der Waals surface area contributed by atoms with Crippen LogP contribution in [0.25, 0.3) is 0 Å². The fraction of sp³-hybridized carbons (Fsp3) is 0.625. The molecule has 2 bridgehead atoms. The molecule has 2 heterocycles. The van der Waals surface area contributed by atoms with Crippen LogP contribution < -0.4 is 0 Å². The number of carbonyl (C=O) groups excluding carboxylic acids is 1. The molecule has 1 fully saturated rings. The van der Waals surface area contributed by atoms with E-state index >= 15 is 0 Å². The normalized spacial score (nSPS) is 38.2. The maximum absolute atomic E-state index is 11.2. The van der Waals surface area contributed by atoms with Crippen LogP contribution in [0, 0.1) is 0 Å². The number of carbonyl (C=O) groups is 1. The van der Waals surface area contributed by atoms with Gasteiger partial charge in [0.15, 0.2) is 0 Å². The molecule has 0 amide bonds. The lowest BCUT2D eigenvalue weighted by Crippen LogP contribution is -2.28. The molecule has 0 aromatic carbocycles. The van der Waals surface area contributed by atoms with E-state index in [9.17, 15) is 4.79 Å². The lowest BCUT2D eigenvalue weighted by molar-refractivity contribution is -0.118. The van der Waals surface area contributed by atoms with E-state index in [1.165, 1.54) is 0 Å². The first-order valence-electron chi connectivity index (χ1n) is 3.71. The Labute approximate surface area is 64.9 Å². The van der Waals surface area contributed by atoms with Crippen molar-refractivity contribution < 1.29 is 4.79 Å². The Morgan fingerprint density at radius 3 is 3.30 bits per heavy atom. The van der Waals surface area contributed by atoms with E-state index in [0.29, 0.717) is 16.3 Å². The fourth-order valence-electron chi connectivity index (χ4n) is 1.48. The second kappa shape index (κ2) is 2.42. The third-order valence-electron chi connectivity index (χ3n) is 2.07. The van der Waals surface area contributed by atoms with Gasteiger partial charge in [0.25, 0.3) is 0 Å². The quantitative estimate of drug-likeness (QED) is 0.495. The van der Waals surface area contributed by atoms with Crippen molar-refractivity contribution in [3.8, 4) is 0 Å². The Morgan fingerprint density at radius 1 is 1.60 bits per heavy atom. The van der Waals surface area contributed by atoms with Gasteiger partial charge in [0.1, 0.15) is 5.78 Å². The van der Waals surface area contributed by atoms with Crippen molar-refractivity contribution in [2.24, 2.45) is 0 Å². The minimum absolute atomic E-state index is 0.309. The van der Waals surface area contributed by atoms with E-state index in [0.717, 1.165) is 19.3 Å². The minimum atomic E-state index is 0.309. The van der Waals surface area contributed by atoms with Crippen LogP contribution in [0.3, 0.4) is 0 Å². The molecule has 0 radical (unpaired) electrons. The van der Waals surface area contributed by atoms with Crippen LogP contribution in [0.1, 0.15) is 19.3 Å². The Balaban J connectivity index is 2.18. The molecule has 0 N–H and O–H groups in total. The summed E-state index contributed by atoms with van der Waals surface area (Å²) in [4.78, 5) is 11.2. The zero-order chi connectivity index (χ0) is 6.97. The predicted octanol–water partition coefficient (Wildman–Crippen LogP) is 1.78. The van der Waals surface area contributed by atoms with Crippen molar-refractivity contribution in [1.29, 1.82) is 0 Å². The van der Waals surface area contributed by atoms with Crippen molar-refractivity contribution in [3.05, 3.63) is 12.2 Å². The van der Waals surface area contributed by atoms with Gasteiger partial charge in [-0.1, -0.05) is 12.2 Å². The smallest absolute Gasteiger partial charge is 0.146 e. The molecule has 2 aliphatic heterocycles. The van der Waals surface area contributed by atoms with E-state index in [1.807, 2.05) is 11.8 Å². The molecule has 0 aliphatic carbocycles. The minimum Gasteiger partial charge on any atom is -0.298 e. The molecule has 54 valence electrons. The standard InChI is InChI=1S/C8H10OS/c9-7-5-4-6-2-1-3-8(7)10-6/h1-2,6,8H,3-5H2. The number of ketones is 1. The van der Waals surface area contributed by atoms with Crippen LogP contribution in [0.5, 0.6) is 0 Å². The average Bonchev–Trinajstić information content (AvgIpc) is 1.99. The molecule has 2 unspecified atom stereocenters. The third kappa shape index (κ3) is 1.01. The number of fused-ring (bicyclic) bond motifs is 2. The highest BCUT2D eigenvalue weighted by Crippen LogP contribution is 2.35. The maximum atomic E-state index is 11.2. The van der Waals surface area contributed by atoms with E-state index < -0.39 is 0 Å². The lowest BCUT2D eigenvalue weighted by atomic mass is 10.0. The first-order valence-corrected chi connectivity index (χ1v) is 4.65. The number of hydrogen-bond donors (Lipinski definition) is 0. The second-order valence-electron chi connectivity index (χ2n) is 2.83. The van der Waals surface area contributed by atoms with Crippen LogP contribution in [0.2, 0.25) is 0 Å². The van der Waals surface area contributed by atoms with Crippen LogP contribution in [0.15, 0.2) is 12.2 Å². The van der Waals surface area contributed by atoms with Gasteiger partial charge in [-0.2, -0.15) is 0 Å². The molecule has 0 saturated carbocycles. The summed E-state index contributed by atoms with van der Waals surface area (Å²) in [6, 6.07) is 0. The number of thioether (sulfide) groups is 1. The molecular formula is C8H10OS. The largest absolute Gasteiger partial charge is 0.298 e. The van der Waals surface area contributed by atoms with Crippen LogP contribution in [0.4, 0.5) is 0 Å². The van der Waals surface area contributed by atoms with E-state index in [4.69, 9.17) is 0 Å². The number of hydrogen-bond acceptors (Lipinski definition) is 2. The number of Topliss-reactive ketones (excluding diaryl/α,β-unsaturated/α-hetero) is 1. The Hall–Kier alpha value is -0.240. The molecule has 0 spiro atoms. The van der Waals surface area contributed by atoms with Crippen molar-refractivity contribution in [1.82, 2.24) is 0 Å². The first-order chi connectivity index (χ1) is 4.86. The van der Waals surface area contributed by atoms with E-state index in [1.54, 1.807) is 0 Å². The zero-order valence-electron chi connectivity index (χ0n) is 5.75. The SMILES string of the molecule is O=C1CCC2C=CCC1S2. The van der Waals surface area contributed by atoms with Gasteiger partial charge in [-0.3, -0.25) is 4.79 Å². The highest BCUT2D eigenvalue weighted by molar-refractivity contribution is 8.01. The Bertz CT molecular complexity index is 186. The Morgan fingerprint density at radius 2 is 2.50 bits per heavy atom. The molecule has 2 heteroatoms. The monoisotopic (exact) mass is 154 g/mol. The molecule has 1 saturated heterocycles. The fourth-order valence-corrected chi connectivity index (χ4v) is 2.85. The zero-order valence-corrected chi connectivity index (χ0v) is 6.56. The van der Waals surface area contributed by atoms with Gasteiger partial charge in [0.2, 0.25) is 0 Å². The molecule has 0 aromatic heterocycles. The molecule has 2 rings (SSSR count). The van der Waals surface area contributed by atoms with Crippen LogP contribution in [-0.2, 0) is 4.79 Å². The predicted molar refractivity (Wildman–Crippen MR) is 43.2 cm³/mol. The summed E-state index contributed by atoms with van der Waals surface area (Å²) in [5, 5.41) is 0.959. The molecule has 2 aliphatic rings. The van der Waals surface area contributed by atoms with Gasteiger partial charge in [0.05, 0.1) is 5.25 Å². The van der Waals surface area contributed by atoms with Crippen molar-refractivity contribution >= 4 is 17.5 Å². The van der Waals surface area contributed by atoms with E-state index in [2.05, 4.69) is 12.2 Å². The average molecular weight is 154 g/mol. The highest BCUT2D eigenvalue weighted by atomic mass is 32.2. The molecule has 0 aromatic rings. The maximum Gasteiger partial charge on any atom is 0.146 e. The lowest BCUT2D eigenvalue weighted by Gasteiger charge is -2.28. The van der Waals surface area contributed by atoms with Crippen molar-refractivity contribution in [2.45, 2.75) is 29.8 Å². The summed E-state index contributed by atoms with van der Waals surface area (Å²) in [6.07, 6.45) is 7.25. The highest BCUT2D eigenvalue weighted by Gasteiger charge is 2.29. The van der Waals surface area contributed by atoms with Gasteiger partial charge in [-0.05, 0) is 12.8 Å². The number of rotatable bonds is 0.